The SMILES string of the molecule is CN(C)c1n[nH]c(-c2ccc3nc[nH]c3c2)c1Br. The van der Waals surface area contributed by atoms with E-state index in [1.54, 1.807) is 6.33 Å². The Kier molecular flexibility index (Phi) is 2.59. The zero-order chi connectivity index (χ0) is 12.7. The third kappa shape index (κ3) is 1.69. The summed E-state index contributed by atoms with van der Waals surface area (Å²) in [6.07, 6.45) is 1.70. The average molecular weight is 306 g/mol. The van der Waals surface area contributed by atoms with Gasteiger partial charge < -0.3 is 9.88 Å². The van der Waals surface area contributed by atoms with Crippen LogP contribution in [-0.2, 0) is 0 Å². The molecule has 0 spiro atoms. The van der Waals surface area contributed by atoms with Gasteiger partial charge in [0, 0.05) is 19.7 Å². The van der Waals surface area contributed by atoms with Gasteiger partial charge in [-0.25, -0.2) is 4.98 Å². The maximum Gasteiger partial charge on any atom is 0.164 e. The molecular formula is C12H12BrN5. The van der Waals surface area contributed by atoms with Crippen LogP contribution in [0.2, 0.25) is 0 Å². The van der Waals surface area contributed by atoms with Crippen molar-refractivity contribution < 1.29 is 0 Å². The Labute approximate surface area is 112 Å². The first-order valence-corrected chi connectivity index (χ1v) is 6.31. The number of aromatic amines is 2. The van der Waals surface area contributed by atoms with E-state index in [0.29, 0.717) is 0 Å². The van der Waals surface area contributed by atoms with Crippen LogP contribution in [0.25, 0.3) is 22.3 Å². The summed E-state index contributed by atoms with van der Waals surface area (Å²) in [5, 5.41) is 7.34. The van der Waals surface area contributed by atoms with E-state index in [2.05, 4.69) is 42.2 Å². The number of fused-ring (bicyclic) bond motifs is 1. The van der Waals surface area contributed by atoms with E-state index in [4.69, 9.17) is 0 Å². The van der Waals surface area contributed by atoms with E-state index < -0.39 is 0 Å². The van der Waals surface area contributed by atoms with Gasteiger partial charge >= 0.3 is 0 Å². The maximum absolute atomic E-state index is 4.29. The molecule has 2 aromatic heterocycles. The normalized spacial score (nSPS) is 11.1. The summed E-state index contributed by atoms with van der Waals surface area (Å²) in [4.78, 5) is 9.27. The van der Waals surface area contributed by atoms with Gasteiger partial charge in [0.15, 0.2) is 5.82 Å². The lowest BCUT2D eigenvalue weighted by Crippen LogP contribution is -2.09. The number of anilines is 1. The van der Waals surface area contributed by atoms with Crippen LogP contribution in [0.1, 0.15) is 0 Å². The smallest absolute Gasteiger partial charge is 0.164 e. The van der Waals surface area contributed by atoms with E-state index in [1.807, 2.05) is 31.1 Å². The van der Waals surface area contributed by atoms with Crippen LogP contribution in [0, 0.1) is 0 Å². The van der Waals surface area contributed by atoms with Crippen molar-refractivity contribution in [3.8, 4) is 11.3 Å². The van der Waals surface area contributed by atoms with E-state index >= 15 is 0 Å². The summed E-state index contributed by atoms with van der Waals surface area (Å²) in [6, 6.07) is 6.07. The van der Waals surface area contributed by atoms with Crippen molar-refractivity contribution >= 4 is 32.8 Å². The molecule has 0 bridgehead atoms. The van der Waals surface area contributed by atoms with Crippen LogP contribution in [0.15, 0.2) is 29.0 Å². The Balaban J connectivity index is 2.13. The van der Waals surface area contributed by atoms with Crippen LogP contribution < -0.4 is 4.90 Å². The highest BCUT2D eigenvalue weighted by molar-refractivity contribution is 9.10. The lowest BCUT2D eigenvalue weighted by molar-refractivity contribution is 1.01. The topological polar surface area (TPSA) is 60.6 Å². The number of nitrogens with zero attached hydrogens (tertiary/aromatic N) is 3. The summed E-state index contributed by atoms with van der Waals surface area (Å²) in [6.45, 7) is 0. The lowest BCUT2D eigenvalue weighted by Gasteiger charge is -2.08. The number of H-pyrrole nitrogens is 2. The maximum atomic E-state index is 4.29. The minimum Gasteiger partial charge on any atom is -0.360 e. The van der Waals surface area contributed by atoms with E-state index in [0.717, 1.165) is 32.6 Å². The Morgan fingerprint density at radius 1 is 1.28 bits per heavy atom. The minimum absolute atomic E-state index is 0.884. The molecule has 0 radical (unpaired) electrons. The van der Waals surface area contributed by atoms with Gasteiger partial charge in [-0.2, -0.15) is 5.10 Å². The fraction of sp³-hybridized carbons (Fsp3) is 0.167. The number of nitrogens with one attached hydrogen (secondary N) is 2. The minimum atomic E-state index is 0.884. The van der Waals surface area contributed by atoms with Crippen molar-refractivity contribution in [1.82, 2.24) is 20.2 Å². The van der Waals surface area contributed by atoms with Gasteiger partial charge in [0.25, 0.3) is 0 Å². The van der Waals surface area contributed by atoms with E-state index in [-0.39, 0.29) is 0 Å². The molecule has 0 atom stereocenters. The first kappa shape index (κ1) is 11.3. The first-order valence-electron chi connectivity index (χ1n) is 5.51. The van der Waals surface area contributed by atoms with Gasteiger partial charge in [-0.3, -0.25) is 5.10 Å². The molecule has 0 aliphatic heterocycles. The fourth-order valence-corrected chi connectivity index (χ4v) is 2.66. The molecule has 5 nitrogen and oxygen atoms in total. The van der Waals surface area contributed by atoms with E-state index in [9.17, 15) is 0 Å². The molecule has 3 aromatic rings. The zero-order valence-electron chi connectivity index (χ0n) is 10.0. The third-order valence-corrected chi connectivity index (χ3v) is 3.57. The van der Waals surface area contributed by atoms with Gasteiger partial charge in [0.05, 0.1) is 27.5 Å². The molecule has 0 aliphatic rings. The molecule has 1 aromatic carbocycles. The van der Waals surface area contributed by atoms with Crippen LogP contribution in [0.4, 0.5) is 5.82 Å². The number of imidazole rings is 1. The van der Waals surface area contributed by atoms with Gasteiger partial charge in [0.2, 0.25) is 0 Å². The van der Waals surface area contributed by atoms with Gasteiger partial charge in [-0.1, -0.05) is 6.07 Å². The number of hydrogen-bond acceptors (Lipinski definition) is 3. The van der Waals surface area contributed by atoms with Crippen molar-refractivity contribution in [3.05, 3.63) is 29.0 Å². The molecule has 2 N–H and O–H groups in total. The molecule has 2 heterocycles. The predicted octanol–water partition coefficient (Wildman–Crippen LogP) is 2.78. The van der Waals surface area contributed by atoms with Gasteiger partial charge in [-0.15, -0.1) is 0 Å². The van der Waals surface area contributed by atoms with Crippen LogP contribution in [-0.4, -0.2) is 34.3 Å². The zero-order valence-corrected chi connectivity index (χ0v) is 11.6. The Morgan fingerprint density at radius 2 is 2.11 bits per heavy atom. The van der Waals surface area contributed by atoms with E-state index in [1.165, 1.54) is 0 Å². The number of rotatable bonds is 2. The first-order chi connectivity index (χ1) is 8.66. The molecular weight excluding hydrogens is 294 g/mol. The summed E-state index contributed by atoms with van der Waals surface area (Å²) in [7, 11) is 3.92. The van der Waals surface area contributed by atoms with Gasteiger partial charge in [-0.05, 0) is 28.1 Å². The lowest BCUT2D eigenvalue weighted by atomic mass is 10.1. The Hall–Kier alpha value is -1.82. The highest BCUT2D eigenvalue weighted by atomic mass is 79.9. The molecule has 0 saturated heterocycles. The van der Waals surface area contributed by atoms with Crippen LogP contribution >= 0.6 is 15.9 Å². The molecule has 0 amide bonds. The van der Waals surface area contributed by atoms with Crippen molar-refractivity contribution in [1.29, 1.82) is 0 Å². The molecule has 3 rings (SSSR count). The van der Waals surface area contributed by atoms with Crippen LogP contribution in [0.3, 0.4) is 0 Å². The molecule has 18 heavy (non-hydrogen) atoms. The Bertz CT molecular complexity index is 697. The highest BCUT2D eigenvalue weighted by Gasteiger charge is 2.14. The average Bonchev–Trinajstić information content (AvgIpc) is 2.93. The van der Waals surface area contributed by atoms with Crippen molar-refractivity contribution in [2.75, 3.05) is 19.0 Å². The summed E-state index contributed by atoms with van der Waals surface area (Å²) in [5.41, 5.74) is 4.01. The van der Waals surface area contributed by atoms with Crippen molar-refractivity contribution in [2.24, 2.45) is 0 Å². The molecule has 0 aliphatic carbocycles. The number of hydrogen-bond donors (Lipinski definition) is 2. The molecule has 0 unspecified atom stereocenters. The van der Waals surface area contributed by atoms with Crippen molar-refractivity contribution in [2.45, 2.75) is 0 Å². The largest absolute Gasteiger partial charge is 0.360 e. The highest BCUT2D eigenvalue weighted by Crippen LogP contribution is 2.33. The summed E-state index contributed by atoms with van der Waals surface area (Å²) >= 11 is 3.58. The number of halogens is 1. The molecule has 6 heteroatoms. The number of benzene rings is 1. The fourth-order valence-electron chi connectivity index (χ4n) is 1.90. The monoisotopic (exact) mass is 305 g/mol. The number of aromatic nitrogens is 4. The second-order valence-electron chi connectivity index (χ2n) is 4.27. The Morgan fingerprint density at radius 3 is 2.83 bits per heavy atom. The second-order valence-corrected chi connectivity index (χ2v) is 5.06. The predicted molar refractivity (Wildman–Crippen MR) is 75.7 cm³/mol. The second kappa shape index (κ2) is 4.13. The standard InChI is InChI=1S/C12H12BrN5/c1-18(2)12-10(13)11(16-17-12)7-3-4-8-9(5-7)15-6-14-8/h3-6H,1-2H3,(H,14,15)(H,16,17). The molecule has 92 valence electrons. The third-order valence-electron chi connectivity index (χ3n) is 2.82. The summed E-state index contributed by atoms with van der Waals surface area (Å²) in [5.74, 6) is 0.884. The molecule has 0 fully saturated rings. The quantitative estimate of drug-likeness (QED) is 0.765. The van der Waals surface area contributed by atoms with Gasteiger partial charge in [0.1, 0.15) is 0 Å². The molecule has 0 saturated carbocycles. The van der Waals surface area contributed by atoms with Crippen molar-refractivity contribution in [3.63, 3.8) is 0 Å². The van der Waals surface area contributed by atoms with Crippen LogP contribution in [0.5, 0.6) is 0 Å². The summed E-state index contributed by atoms with van der Waals surface area (Å²) < 4.78 is 0.964.